The van der Waals surface area contributed by atoms with Crippen molar-refractivity contribution in [1.29, 1.82) is 0 Å². The Morgan fingerprint density at radius 2 is 1.89 bits per heavy atom. The molecule has 0 aromatic heterocycles. The highest BCUT2D eigenvalue weighted by atomic mass is 32.2. The Hall–Kier alpha value is -2.97. The Morgan fingerprint density at radius 1 is 1.14 bits per heavy atom. The van der Waals surface area contributed by atoms with E-state index in [1.807, 2.05) is 26.0 Å². The zero-order chi connectivity index (χ0) is 20.7. The minimum Gasteiger partial charge on any atom is -0.452 e. The highest BCUT2D eigenvalue weighted by Gasteiger charge is 2.17. The average molecular weight is 402 g/mol. The van der Waals surface area contributed by atoms with E-state index in [2.05, 4.69) is 16.6 Å². The molecule has 0 aliphatic carbocycles. The molecule has 0 heterocycles. The standard InChI is InChI=1S/C20H22N2O5S/c1-4-10-21-28(25,26)17-7-5-6-16(12-17)20(24)27-13-19(23)22-18-9-8-14(2)11-15(18)3/h4-9,11-12,21H,1,10,13H2,2-3H3,(H,22,23). The summed E-state index contributed by atoms with van der Waals surface area (Å²) in [5.74, 6) is -1.28. The fourth-order valence-corrected chi connectivity index (χ4v) is 3.44. The molecule has 2 aromatic carbocycles. The third kappa shape index (κ3) is 5.77. The molecular formula is C20H22N2O5S. The van der Waals surface area contributed by atoms with E-state index in [1.54, 1.807) is 6.07 Å². The first-order valence-electron chi connectivity index (χ1n) is 8.48. The molecule has 2 rings (SSSR count). The van der Waals surface area contributed by atoms with E-state index >= 15 is 0 Å². The van der Waals surface area contributed by atoms with Crippen LogP contribution in [-0.4, -0.2) is 33.4 Å². The molecule has 148 valence electrons. The smallest absolute Gasteiger partial charge is 0.338 e. The summed E-state index contributed by atoms with van der Waals surface area (Å²) in [5.41, 5.74) is 2.62. The molecule has 0 aliphatic heterocycles. The van der Waals surface area contributed by atoms with Crippen molar-refractivity contribution in [3.8, 4) is 0 Å². The van der Waals surface area contributed by atoms with Gasteiger partial charge in [-0.05, 0) is 43.7 Å². The first-order valence-corrected chi connectivity index (χ1v) is 9.96. The van der Waals surface area contributed by atoms with Gasteiger partial charge in [0.15, 0.2) is 6.61 Å². The molecule has 0 saturated heterocycles. The summed E-state index contributed by atoms with van der Waals surface area (Å²) in [6, 6.07) is 10.9. The van der Waals surface area contributed by atoms with Gasteiger partial charge in [-0.15, -0.1) is 6.58 Å². The maximum Gasteiger partial charge on any atom is 0.338 e. The van der Waals surface area contributed by atoms with Crippen LogP contribution in [0, 0.1) is 13.8 Å². The monoisotopic (exact) mass is 402 g/mol. The van der Waals surface area contributed by atoms with Gasteiger partial charge in [0.1, 0.15) is 0 Å². The number of aryl methyl sites for hydroxylation is 2. The number of nitrogens with one attached hydrogen (secondary N) is 2. The molecular weight excluding hydrogens is 380 g/mol. The SMILES string of the molecule is C=CCNS(=O)(=O)c1cccc(C(=O)OCC(=O)Nc2ccc(C)cc2C)c1. The molecule has 0 atom stereocenters. The molecule has 0 saturated carbocycles. The number of amides is 1. The van der Waals surface area contributed by atoms with Crippen molar-refractivity contribution in [2.75, 3.05) is 18.5 Å². The van der Waals surface area contributed by atoms with Crippen molar-refractivity contribution in [2.45, 2.75) is 18.7 Å². The number of hydrogen-bond acceptors (Lipinski definition) is 5. The summed E-state index contributed by atoms with van der Waals surface area (Å²) < 4.78 is 31.5. The number of hydrogen-bond donors (Lipinski definition) is 2. The van der Waals surface area contributed by atoms with Gasteiger partial charge < -0.3 is 10.1 Å². The van der Waals surface area contributed by atoms with E-state index < -0.39 is 28.5 Å². The van der Waals surface area contributed by atoms with Crippen LogP contribution >= 0.6 is 0 Å². The largest absolute Gasteiger partial charge is 0.452 e. The minimum atomic E-state index is -3.77. The average Bonchev–Trinajstić information content (AvgIpc) is 2.67. The highest BCUT2D eigenvalue weighted by molar-refractivity contribution is 7.89. The topological polar surface area (TPSA) is 102 Å². The molecule has 1 amide bonds. The zero-order valence-corrected chi connectivity index (χ0v) is 16.5. The van der Waals surface area contributed by atoms with Gasteiger partial charge in [0, 0.05) is 12.2 Å². The molecule has 2 aromatic rings. The van der Waals surface area contributed by atoms with E-state index in [4.69, 9.17) is 4.74 Å². The third-order valence-corrected chi connectivity index (χ3v) is 5.21. The molecule has 0 bridgehead atoms. The Kier molecular flexibility index (Phi) is 7.08. The van der Waals surface area contributed by atoms with Crippen molar-refractivity contribution in [3.63, 3.8) is 0 Å². The summed E-state index contributed by atoms with van der Waals surface area (Å²) in [7, 11) is -3.77. The molecule has 0 aliphatic rings. The summed E-state index contributed by atoms with van der Waals surface area (Å²) in [5, 5.41) is 2.67. The predicted octanol–water partition coefficient (Wildman–Crippen LogP) is 2.56. The van der Waals surface area contributed by atoms with Crippen molar-refractivity contribution >= 4 is 27.6 Å². The van der Waals surface area contributed by atoms with Gasteiger partial charge in [0.25, 0.3) is 5.91 Å². The normalized spacial score (nSPS) is 10.9. The molecule has 0 spiro atoms. The highest BCUT2D eigenvalue weighted by Crippen LogP contribution is 2.16. The molecule has 0 unspecified atom stereocenters. The first kappa shape index (κ1) is 21.3. The van der Waals surface area contributed by atoms with E-state index in [1.165, 1.54) is 30.3 Å². The number of ether oxygens (including phenoxy) is 1. The van der Waals surface area contributed by atoms with Crippen molar-refractivity contribution in [2.24, 2.45) is 0 Å². The Bertz CT molecular complexity index is 999. The Labute approximate surface area is 164 Å². The van der Waals surface area contributed by atoms with Crippen molar-refractivity contribution in [1.82, 2.24) is 4.72 Å². The lowest BCUT2D eigenvalue weighted by molar-refractivity contribution is -0.119. The van der Waals surface area contributed by atoms with Crippen molar-refractivity contribution in [3.05, 3.63) is 71.8 Å². The fraction of sp³-hybridized carbons (Fsp3) is 0.200. The second-order valence-electron chi connectivity index (χ2n) is 6.11. The minimum absolute atomic E-state index is 0.0285. The maximum absolute atomic E-state index is 12.2. The van der Waals surface area contributed by atoms with Gasteiger partial charge in [0.05, 0.1) is 10.5 Å². The molecule has 28 heavy (non-hydrogen) atoms. The van der Waals surface area contributed by atoms with Gasteiger partial charge in [-0.2, -0.15) is 0 Å². The quantitative estimate of drug-likeness (QED) is 0.522. The molecule has 7 nitrogen and oxygen atoms in total. The van der Waals surface area contributed by atoms with E-state index in [-0.39, 0.29) is 17.0 Å². The second-order valence-corrected chi connectivity index (χ2v) is 7.88. The van der Waals surface area contributed by atoms with Crippen LogP contribution in [0.3, 0.4) is 0 Å². The number of sulfonamides is 1. The maximum atomic E-state index is 12.2. The van der Waals surface area contributed by atoms with Crippen LogP contribution in [0.25, 0.3) is 0 Å². The van der Waals surface area contributed by atoms with Crippen LogP contribution in [-0.2, 0) is 19.6 Å². The summed E-state index contributed by atoms with van der Waals surface area (Å²) in [6.45, 7) is 6.83. The number of carbonyl (C=O) groups excluding carboxylic acids is 2. The molecule has 0 fully saturated rings. The van der Waals surface area contributed by atoms with Gasteiger partial charge in [0.2, 0.25) is 10.0 Å². The third-order valence-electron chi connectivity index (χ3n) is 3.79. The summed E-state index contributed by atoms with van der Waals surface area (Å²) in [4.78, 5) is 24.1. The Balaban J connectivity index is 2.00. The van der Waals surface area contributed by atoms with Gasteiger partial charge >= 0.3 is 5.97 Å². The van der Waals surface area contributed by atoms with Gasteiger partial charge in [-0.3, -0.25) is 4.79 Å². The molecule has 0 radical (unpaired) electrons. The van der Waals surface area contributed by atoms with E-state index in [9.17, 15) is 18.0 Å². The lowest BCUT2D eigenvalue weighted by Crippen LogP contribution is -2.24. The predicted molar refractivity (Wildman–Crippen MR) is 107 cm³/mol. The fourth-order valence-electron chi connectivity index (χ4n) is 2.40. The number of anilines is 1. The van der Waals surface area contributed by atoms with Crippen molar-refractivity contribution < 1.29 is 22.7 Å². The number of benzene rings is 2. The van der Waals surface area contributed by atoms with Gasteiger partial charge in [-0.1, -0.05) is 29.8 Å². The van der Waals surface area contributed by atoms with E-state index in [0.717, 1.165) is 11.1 Å². The summed E-state index contributed by atoms with van der Waals surface area (Å²) in [6.07, 6.45) is 1.41. The van der Waals surface area contributed by atoms with Crippen LogP contribution in [0.4, 0.5) is 5.69 Å². The molecule has 8 heteroatoms. The molecule has 2 N–H and O–H groups in total. The number of esters is 1. The van der Waals surface area contributed by atoms with Gasteiger partial charge in [-0.25, -0.2) is 17.9 Å². The first-order chi connectivity index (χ1) is 13.2. The van der Waals surface area contributed by atoms with Crippen LogP contribution in [0.15, 0.2) is 60.0 Å². The lowest BCUT2D eigenvalue weighted by atomic mass is 10.1. The Morgan fingerprint density at radius 3 is 2.57 bits per heavy atom. The van der Waals surface area contributed by atoms with Crippen LogP contribution in [0.5, 0.6) is 0 Å². The summed E-state index contributed by atoms with van der Waals surface area (Å²) >= 11 is 0. The lowest BCUT2D eigenvalue weighted by Gasteiger charge is -2.10. The zero-order valence-electron chi connectivity index (χ0n) is 15.7. The van der Waals surface area contributed by atoms with Crippen LogP contribution in [0.1, 0.15) is 21.5 Å². The number of carbonyl (C=O) groups is 2. The second kappa shape index (κ2) is 9.29. The van der Waals surface area contributed by atoms with Crippen LogP contribution in [0.2, 0.25) is 0 Å². The van der Waals surface area contributed by atoms with Crippen LogP contribution < -0.4 is 10.0 Å². The number of rotatable bonds is 8. The van der Waals surface area contributed by atoms with E-state index in [0.29, 0.717) is 5.69 Å².